The van der Waals surface area contributed by atoms with Gasteiger partial charge in [0.2, 0.25) is 5.91 Å². The van der Waals surface area contributed by atoms with Crippen LogP contribution in [-0.4, -0.2) is 44.2 Å². The summed E-state index contributed by atoms with van der Waals surface area (Å²) in [6.07, 6.45) is 2.86. The van der Waals surface area contributed by atoms with E-state index in [0.29, 0.717) is 30.4 Å². The molecule has 1 aromatic rings. The van der Waals surface area contributed by atoms with Crippen LogP contribution in [-0.2, 0) is 11.2 Å². The van der Waals surface area contributed by atoms with Crippen LogP contribution in [0.25, 0.3) is 0 Å². The van der Waals surface area contributed by atoms with Crippen LogP contribution in [0.15, 0.2) is 18.2 Å². The third kappa shape index (κ3) is 2.90. The normalized spacial score (nSPS) is 24.4. The Bertz CT molecular complexity index is 557. The number of hydrogen-bond donors (Lipinski definition) is 1. The minimum absolute atomic E-state index is 0.116. The summed E-state index contributed by atoms with van der Waals surface area (Å²) >= 11 is 0. The van der Waals surface area contributed by atoms with Crippen molar-refractivity contribution in [3.63, 3.8) is 0 Å². The second kappa shape index (κ2) is 6.16. The van der Waals surface area contributed by atoms with Crippen molar-refractivity contribution in [1.82, 2.24) is 4.90 Å². The first-order valence-corrected chi connectivity index (χ1v) is 7.87. The topological polar surface area (TPSA) is 64.8 Å². The molecule has 2 atom stereocenters. The van der Waals surface area contributed by atoms with Crippen molar-refractivity contribution in [2.75, 3.05) is 27.3 Å². The fraction of sp³-hybridized carbons (Fsp3) is 0.588. The number of likely N-dealkylation sites (tertiary alicyclic amines) is 1. The number of nitrogens with zero attached hydrogens (tertiary/aromatic N) is 1. The molecule has 120 valence electrons. The number of amides is 1. The van der Waals surface area contributed by atoms with Gasteiger partial charge < -0.3 is 20.1 Å². The van der Waals surface area contributed by atoms with E-state index in [4.69, 9.17) is 15.2 Å². The van der Waals surface area contributed by atoms with Crippen LogP contribution >= 0.6 is 0 Å². The maximum Gasteiger partial charge on any atom is 0.227 e. The van der Waals surface area contributed by atoms with Crippen LogP contribution in [0.5, 0.6) is 11.5 Å². The second-order valence-electron chi connectivity index (χ2n) is 6.29. The number of hydrogen-bond acceptors (Lipinski definition) is 4. The fourth-order valence-corrected chi connectivity index (χ4v) is 3.45. The van der Waals surface area contributed by atoms with E-state index in [1.165, 1.54) is 12.8 Å². The van der Waals surface area contributed by atoms with Crippen LogP contribution in [0.4, 0.5) is 0 Å². The SMILES string of the molecule is COc1cccc(CC(=O)N2C[C@H](C3CC3)[C@@H](N)C2)c1OC. The van der Waals surface area contributed by atoms with Gasteiger partial charge >= 0.3 is 0 Å². The van der Waals surface area contributed by atoms with Crippen molar-refractivity contribution in [1.29, 1.82) is 0 Å². The van der Waals surface area contributed by atoms with Crippen molar-refractivity contribution < 1.29 is 14.3 Å². The third-order valence-electron chi connectivity index (χ3n) is 4.82. The first-order chi connectivity index (χ1) is 10.6. The first-order valence-electron chi connectivity index (χ1n) is 7.87. The summed E-state index contributed by atoms with van der Waals surface area (Å²) in [6, 6.07) is 5.76. The molecule has 0 radical (unpaired) electrons. The number of rotatable bonds is 5. The van der Waals surface area contributed by atoms with Gasteiger partial charge in [0.1, 0.15) is 0 Å². The van der Waals surface area contributed by atoms with Crippen LogP contribution in [0.3, 0.4) is 0 Å². The molecule has 0 spiro atoms. The number of carbonyl (C=O) groups excluding carboxylic acids is 1. The molecular formula is C17H24N2O3. The molecule has 0 bridgehead atoms. The zero-order chi connectivity index (χ0) is 15.7. The van der Waals surface area contributed by atoms with Gasteiger partial charge in [-0.15, -0.1) is 0 Å². The molecule has 1 saturated carbocycles. The molecular weight excluding hydrogens is 280 g/mol. The molecule has 1 saturated heterocycles. The molecule has 5 heteroatoms. The number of carbonyl (C=O) groups is 1. The highest BCUT2D eigenvalue weighted by molar-refractivity contribution is 5.80. The molecule has 3 rings (SSSR count). The van der Waals surface area contributed by atoms with Gasteiger partial charge in [-0.2, -0.15) is 0 Å². The van der Waals surface area contributed by atoms with Gasteiger partial charge in [0.15, 0.2) is 11.5 Å². The van der Waals surface area contributed by atoms with E-state index in [1.54, 1.807) is 14.2 Å². The molecule has 22 heavy (non-hydrogen) atoms. The van der Waals surface area contributed by atoms with E-state index < -0.39 is 0 Å². The molecule has 1 aliphatic heterocycles. The largest absolute Gasteiger partial charge is 0.493 e. The highest BCUT2D eigenvalue weighted by Crippen LogP contribution is 2.41. The summed E-state index contributed by atoms with van der Waals surface area (Å²) in [4.78, 5) is 14.5. The van der Waals surface area contributed by atoms with Crippen LogP contribution < -0.4 is 15.2 Å². The lowest BCUT2D eigenvalue weighted by Crippen LogP contribution is -2.33. The van der Waals surface area contributed by atoms with E-state index in [1.807, 2.05) is 23.1 Å². The van der Waals surface area contributed by atoms with Crippen molar-refractivity contribution in [3.8, 4) is 11.5 Å². The number of ether oxygens (including phenoxy) is 2. The standard InChI is InChI=1S/C17H24N2O3/c1-21-15-5-3-4-12(17(15)22-2)8-16(20)19-9-13(11-6-7-11)14(18)10-19/h3-5,11,13-14H,6-10,18H2,1-2H3/t13-,14+/m1/s1. The Hall–Kier alpha value is -1.75. The van der Waals surface area contributed by atoms with Gasteiger partial charge in [-0.3, -0.25) is 4.79 Å². The van der Waals surface area contributed by atoms with E-state index in [2.05, 4.69) is 0 Å². The van der Waals surface area contributed by atoms with Crippen LogP contribution in [0.2, 0.25) is 0 Å². The molecule has 0 unspecified atom stereocenters. The van der Waals surface area contributed by atoms with Crippen molar-refractivity contribution in [3.05, 3.63) is 23.8 Å². The van der Waals surface area contributed by atoms with Crippen LogP contribution in [0, 0.1) is 11.8 Å². The maximum absolute atomic E-state index is 12.6. The highest BCUT2D eigenvalue weighted by atomic mass is 16.5. The molecule has 1 amide bonds. The summed E-state index contributed by atoms with van der Waals surface area (Å²) in [5.74, 6) is 2.63. The first kappa shape index (κ1) is 15.2. The number of benzene rings is 1. The molecule has 1 heterocycles. The van der Waals surface area contributed by atoms with E-state index in [0.717, 1.165) is 18.0 Å². The Morgan fingerprint density at radius 2 is 2.05 bits per heavy atom. The summed E-state index contributed by atoms with van der Waals surface area (Å²) in [5.41, 5.74) is 7.06. The molecule has 1 aliphatic carbocycles. The fourth-order valence-electron chi connectivity index (χ4n) is 3.45. The Labute approximate surface area is 131 Å². The van der Waals surface area contributed by atoms with Crippen molar-refractivity contribution in [2.45, 2.75) is 25.3 Å². The van der Waals surface area contributed by atoms with Gasteiger partial charge in [0.25, 0.3) is 0 Å². The van der Waals surface area contributed by atoms with Gasteiger partial charge in [0, 0.05) is 24.7 Å². The molecule has 1 aromatic carbocycles. The van der Waals surface area contributed by atoms with Crippen LogP contribution in [0.1, 0.15) is 18.4 Å². The average molecular weight is 304 g/mol. The lowest BCUT2D eigenvalue weighted by Gasteiger charge is -2.18. The highest BCUT2D eigenvalue weighted by Gasteiger charge is 2.42. The predicted octanol–water partition coefficient (Wildman–Crippen LogP) is 1.44. The van der Waals surface area contributed by atoms with Crippen molar-refractivity contribution >= 4 is 5.91 Å². The van der Waals surface area contributed by atoms with E-state index >= 15 is 0 Å². The van der Waals surface area contributed by atoms with Gasteiger partial charge in [-0.1, -0.05) is 12.1 Å². The Balaban J connectivity index is 1.69. The molecule has 5 nitrogen and oxygen atoms in total. The molecule has 0 aromatic heterocycles. The van der Waals surface area contributed by atoms with E-state index in [-0.39, 0.29) is 11.9 Å². The van der Waals surface area contributed by atoms with Gasteiger partial charge in [-0.05, 0) is 30.7 Å². The van der Waals surface area contributed by atoms with Gasteiger partial charge in [-0.25, -0.2) is 0 Å². The smallest absolute Gasteiger partial charge is 0.227 e. The Morgan fingerprint density at radius 3 is 2.68 bits per heavy atom. The number of para-hydroxylation sites is 1. The average Bonchev–Trinajstić information content (AvgIpc) is 3.29. The van der Waals surface area contributed by atoms with Gasteiger partial charge in [0.05, 0.1) is 20.6 Å². The minimum atomic E-state index is 0.116. The Kier molecular flexibility index (Phi) is 4.25. The summed E-state index contributed by atoms with van der Waals surface area (Å²) in [5, 5.41) is 0. The molecule has 2 N–H and O–H groups in total. The zero-order valence-corrected chi connectivity index (χ0v) is 13.2. The van der Waals surface area contributed by atoms with Crippen molar-refractivity contribution in [2.24, 2.45) is 17.6 Å². The molecule has 2 fully saturated rings. The van der Waals surface area contributed by atoms with E-state index in [9.17, 15) is 4.79 Å². The monoisotopic (exact) mass is 304 g/mol. The number of methoxy groups -OCH3 is 2. The summed E-state index contributed by atoms with van der Waals surface area (Å²) in [6.45, 7) is 1.48. The third-order valence-corrected chi connectivity index (χ3v) is 4.82. The number of nitrogens with two attached hydrogens (primary N) is 1. The predicted molar refractivity (Wildman–Crippen MR) is 84.0 cm³/mol. The summed E-state index contributed by atoms with van der Waals surface area (Å²) in [7, 11) is 3.20. The lowest BCUT2D eigenvalue weighted by molar-refractivity contribution is -0.129. The molecule has 2 aliphatic rings. The quantitative estimate of drug-likeness (QED) is 0.894. The summed E-state index contributed by atoms with van der Waals surface area (Å²) < 4.78 is 10.7. The lowest BCUT2D eigenvalue weighted by atomic mass is 9.99. The maximum atomic E-state index is 12.6. The second-order valence-corrected chi connectivity index (χ2v) is 6.29. The minimum Gasteiger partial charge on any atom is -0.493 e. The zero-order valence-electron chi connectivity index (χ0n) is 13.2. The Morgan fingerprint density at radius 1 is 1.27 bits per heavy atom.